The minimum atomic E-state index is -3.57. The third kappa shape index (κ3) is 3.29. The highest BCUT2D eigenvalue weighted by Crippen LogP contribution is 2.29. The number of hydrogen-bond donors (Lipinski definition) is 0. The Kier molecular flexibility index (Phi) is 5.01. The molecule has 0 radical (unpaired) electrons. The van der Waals surface area contributed by atoms with Gasteiger partial charge in [-0.15, -0.1) is 0 Å². The Morgan fingerprint density at radius 3 is 2.22 bits per heavy atom. The van der Waals surface area contributed by atoms with Gasteiger partial charge in [0.05, 0.1) is 5.69 Å². The van der Waals surface area contributed by atoms with Crippen LogP contribution in [0.15, 0.2) is 4.90 Å². The summed E-state index contributed by atoms with van der Waals surface area (Å²) in [6, 6.07) is 0.636. The Labute approximate surface area is 143 Å². The van der Waals surface area contributed by atoms with Gasteiger partial charge in [-0.2, -0.15) is 9.40 Å². The quantitative estimate of drug-likeness (QED) is 0.827. The van der Waals surface area contributed by atoms with Crippen LogP contribution in [0.4, 0.5) is 0 Å². The number of rotatable bonds is 3. The lowest BCUT2D eigenvalue weighted by molar-refractivity contribution is 0.111. The predicted molar refractivity (Wildman–Crippen MR) is 90.2 cm³/mol. The van der Waals surface area contributed by atoms with Crippen molar-refractivity contribution in [2.24, 2.45) is 7.05 Å². The van der Waals surface area contributed by atoms with Gasteiger partial charge in [0.25, 0.3) is 0 Å². The minimum absolute atomic E-state index is 0.160. The van der Waals surface area contributed by atoms with Crippen molar-refractivity contribution in [3.63, 3.8) is 0 Å². The molecule has 6 nitrogen and oxygen atoms in total. The zero-order valence-corrected chi connectivity index (χ0v) is 15.4. The smallest absolute Gasteiger partial charge is 0.248 e. The molecule has 23 heavy (non-hydrogen) atoms. The molecule has 0 unspecified atom stereocenters. The van der Waals surface area contributed by atoms with Gasteiger partial charge >= 0.3 is 0 Å². The second-order valence-electron chi connectivity index (χ2n) is 6.56. The average molecular weight is 361 g/mol. The second kappa shape index (κ2) is 6.70. The van der Waals surface area contributed by atoms with Crippen LogP contribution in [0.3, 0.4) is 0 Å². The molecule has 0 N–H and O–H groups in total. The van der Waals surface area contributed by atoms with E-state index in [1.165, 1.54) is 36.8 Å². The Morgan fingerprint density at radius 2 is 1.70 bits per heavy atom. The number of nitrogens with zero attached hydrogens (tertiary/aromatic N) is 4. The van der Waals surface area contributed by atoms with Crippen LogP contribution < -0.4 is 0 Å². The van der Waals surface area contributed by atoms with Crippen LogP contribution in [-0.4, -0.2) is 59.6 Å². The lowest BCUT2D eigenvalue weighted by Crippen LogP contribution is -2.52. The number of aromatic nitrogens is 2. The summed E-state index contributed by atoms with van der Waals surface area (Å²) in [5.41, 5.74) is 0.465. The van der Waals surface area contributed by atoms with Crippen molar-refractivity contribution >= 4 is 21.6 Å². The largest absolute Gasteiger partial charge is 0.298 e. The molecule has 1 saturated heterocycles. The van der Waals surface area contributed by atoms with E-state index in [0.29, 0.717) is 24.8 Å². The Balaban J connectivity index is 1.71. The first-order chi connectivity index (χ1) is 10.9. The highest BCUT2D eigenvalue weighted by atomic mass is 35.5. The Hall–Kier alpha value is -0.630. The van der Waals surface area contributed by atoms with Gasteiger partial charge in [-0.05, 0) is 19.8 Å². The first-order valence-electron chi connectivity index (χ1n) is 8.34. The van der Waals surface area contributed by atoms with Crippen molar-refractivity contribution in [3.8, 4) is 0 Å². The maximum absolute atomic E-state index is 12.9. The van der Waals surface area contributed by atoms with Crippen molar-refractivity contribution in [1.82, 2.24) is 19.0 Å². The van der Waals surface area contributed by atoms with Gasteiger partial charge < -0.3 is 0 Å². The Bertz CT molecular complexity index is 659. The normalized spacial score (nSPS) is 22.6. The van der Waals surface area contributed by atoms with E-state index in [1.54, 1.807) is 18.3 Å². The summed E-state index contributed by atoms with van der Waals surface area (Å²) in [5.74, 6) is 0. The number of hydrogen-bond acceptors (Lipinski definition) is 4. The molecule has 0 amide bonds. The van der Waals surface area contributed by atoms with Crippen molar-refractivity contribution in [1.29, 1.82) is 0 Å². The summed E-state index contributed by atoms with van der Waals surface area (Å²) in [6.45, 7) is 4.37. The molecule has 0 atom stereocenters. The van der Waals surface area contributed by atoms with Gasteiger partial charge in [0, 0.05) is 39.3 Å². The van der Waals surface area contributed by atoms with Gasteiger partial charge in [-0.3, -0.25) is 9.58 Å². The summed E-state index contributed by atoms with van der Waals surface area (Å²) in [7, 11) is -1.90. The number of sulfonamides is 1. The number of halogens is 1. The van der Waals surface area contributed by atoms with Crippen LogP contribution in [0, 0.1) is 6.92 Å². The molecule has 0 bridgehead atoms. The molecule has 1 aromatic rings. The van der Waals surface area contributed by atoms with Crippen LogP contribution in [0.1, 0.15) is 37.8 Å². The molecule has 0 aromatic carbocycles. The molecule has 1 aliphatic heterocycles. The van der Waals surface area contributed by atoms with Gasteiger partial charge in [-0.25, -0.2) is 8.42 Å². The SMILES string of the molecule is Cc1nn(C)c(Cl)c1S(=O)(=O)N1CCN(C2CCCCC2)CC1. The molecule has 1 saturated carbocycles. The molecule has 2 heterocycles. The summed E-state index contributed by atoms with van der Waals surface area (Å²) >= 11 is 6.15. The van der Waals surface area contributed by atoms with Crippen molar-refractivity contribution in [2.45, 2.75) is 50.0 Å². The molecule has 3 rings (SSSR count). The van der Waals surface area contributed by atoms with Crippen LogP contribution in [0.2, 0.25) is 5.15 Å². The lowest BCUT2D eigenvalue weighted by Gasteiger charge is -2.40. The van der Waals surface area contributed by atoms with Gasteiger partial charge in [0.2, 0.25) is 10.0 Å². The fraction of sp³-hybridized carbons (Fsp3) is 0.800. The third-order valence-electron chi connectivity index (χ3n) is 5.06. The lowest BCUT2D eigenvalue weighted by atomic mass is 9.94. The predicted octanol–water partition coefficient (Wildman–Crippen LogP) is 2.02. The maximum Gasteiger partial charge on any atom is 0.248 e. The molecule has 1 aliphatic carbocycles. The van der Waals surface area contributed by atoms with E-state index in [4.69, 9.17) is 11.6 Å². The van der Waals surface area contributed by atoms with Gasteiger partial charge in [0.15, 0.2) is 0 Å². The number of aryl methyl sites for hydroxylation is 2. The van der Waals surface area contributed by atoms with Crippen molar-refractivity contribution in [2.75, 3.05) is 26.2 Å². The zero-order chi connectivity index (χ0) is 16.6. The van der Waals surface area contributed by atoms with E-state index in [-0.39, 0.29) is 10.0 Å². The summed E-state index contributed by atoms with van der Waals surface area (Å²) < 4.78 is 28.8. The van der Waals surface area contributed by atoms with E-state index in [9.17, 15) is 8.42 Å². The molecule has 0 spiro atoms. The van der Waals surface area contributed by atoms with E-state index < -0.39 is 10.0 Å². The van der Waals surface area contributed by atoms with E-state index in [0.717, 1.165) is 13.1 Å². The molecular weight excluding hydrogens is 336 g/mol. The number of piperazine rings is 1. The van der Waals surface area contributed by atoms with Crippen LogP contribution in [0.25, 0.3) is 0 Å². The first-order valence-corrected chi connectivity index (χ1v) is 10.2. The molecule has 2 fully saturated rings. The minimum Gasteiger partial charge on any atom is -0.298 e. The molecule has 2 aliphatic rings. The zero-order valence-electron chi connectivity index (χ0n) is 13.8. The maximum atomic E-state index is 12.9. The standard InChI is InChI=1S/C15H25ClN4O2S/c1-12-14(15(16)18(2)17-12)23(21,22)20-10-8-19(9-11-20)13-6-4-3-5-7-13/h13H,3-11H2,1-2H3. The summed E-state index contributed by atoms with van der Waals surface area (Å²) in [5, 5.41) is 4.32. The molecule has 130 valence electrons. The first kappa shape index (κ1) is 17.2. The molecule has 8 heteroatoms. The van der Waals surface area contributed by atoms with Gasteiger partial charge in [-0.1, -0.05) is 30.9 Å². The fourth-order valence-electron chi connectivity index (χ4n) is 3.79. The highest BCUT2D eigenvalue weighted by molar-refractivity contribution is 7.89. The molecular formula is C15H25ClN4O2S. The molecule has 1 aromatic heterocycles. The highest BCUT2D eigenvalue weighted by Gasteiger charge is 2.35. The van der Waals surface area contributed by atoms with Crippen molar-refractivity contribution in [3.05, 3.63) is 10.8 Å². The topological polar surface area (TPSA) is 58.4 Å². The van der Waals surface area contributed by atoms with Crippen LogP contribution in [0.5, 0.6) is 0 Å². The van der Waals surface area contributed by atoms with Crippen LogP contribution in [-0.2, 0) is 17.1 Å². The van der Waals surface area contributed by atoms with E-state index >= 15 is 0 Å². The summed E-state index contributed by atoms with van der Waals surface area (Å²) in [4.78, 5) is 2.62. The third-order valence-corrected chi connectivity index (χ3v) is 7.66. The summed E-state index contributed by atoms with van der Waals surface area (Å²) in [6.07, 6.45) is 6.44. The van der Waals surface area contributed by atoms with Gasteiger partial charge in [0.1, 0.15) is 10.0 Å². The van der Waals surface area contributed by atoms with E-state index in [1.807, 2.05) is 0 Å². The van der Waals surface area contributed by atoms with Crippen LogP contribution >= 0.6 is 11.6 Å². The van der Waals surface area contributed by atoms with Crippen molar-refractivity contribution < 1.29 is 8.42 Å². The van der Waals surface area contributed by atoms with E-state index in [2.05, 4.69) is 10.00 Å². The second-order valence-corrected chi connectivity index (χ2v) is 8.79. The Morgan fingerprint density at radius 1 is 1.09 bits per heavy atom. The average Bonchev–Trinajstić information content (AvgIpc) is 2.81. The monoisotopic (exact) mass is 360 g/mol. The fourth-order valence-corrected chi connectivity index (χ4v) is 5.92.